The van der Waals surface area contributed by atoms with Crippen molar-refractivity contribution in [1.82, 2.24) is 0 Å². The molecule has 1 aliphatic heterocycles. The number of alkyl halides is 1. The number of thiophene rings is 1. The molecule has 0 amide bonds. The van der Waals surface area contributed by atoms with Gasteiger partial charge in [0.25, 0.3) is 0 Å². The molecule has 0 fully saturated rings. The average Bonchev–Trinajstić information content (AvgIpc) is 3.01. The Bertz CT molecular complexity index is 875. The lowest BCUT2D eigenvalue weighted by Crippen LogP contribution is -2.22. The quantitative estimate of drug-likeness (QED) is 0.407. The number of anilines is 1. The summed E-state index contributed by atoms with van der Waals surface area (Å²) in [7, 11) is 1.64. The van der Waals surface area contributed by atoms with Crippen molar-refractivity contribution in [2.75, 3.05) is 11.4 Å². The number of methoxy groups -OCH3 is 1. The van der Waals surface area contributed by atoms with Crippen LogP contribution in [-0.4, -0.2) is 7.11 Å². The number of ether oxygens (including phenoxy) is 1. The fourth-order valence-corrected chi connectivity index (χ4v) is 4.90. The van der Waals surface area contributed by atoms with Crippen molar-refractivity contribution in [1.29, 1.82) is 0 Å². The van der Waals surface area contributed by atoms with Gasteiger partial charge in [-0.1, -0.05) is 24.3 Å². The van der Waals surface area contributed by atoms with Gasteiger partial charge in [-0.2, -0.15) is 0 Å². The van der Waals surface area contributed by atoms with Gasteiger partial charge in [0, 0.05) is 20.9 Å². The standard InChI is InChI=1S/C19H16FNOS2/c1-12-11-17-18(23-12)15-5-3-4-6-16(15)19(20)21(17)24-14-9-7-13(22-2)8-10-14/h3-11,19H,1-2H3. The van der Waals surface area contributed by atoms with Crippen molar-refractivity contribution in [3.05, 3.63) is 65.0 Å². The largest absolute Gasteiger partial charge is 0.497 e. The highest BCUT2D eigenvalue weighted by atomic mass is 32.2. The van der Waals surface area contributed by atoms with Gasteiger partial charge in [-0.3, -0.25) is 4.31 Å². The Morgan fingerprint density at radius 1 is 1.12 bits per heavy atom. The maximum absolute atomic E-state index is 15.2. The maximum atomic E-state index is 15.2. The summed E-state index contributed by atoms with van der Waals surface area (Å²) in [5, 5.41) is 0. The van der Waals surface area contributed by atoms with Crippen molar-refractivity contribution in [3.63, 3.8) is 0 Å². The Labute approximate surface area is 149 Å². The fourth-order valence-electron chi connectivity index (χ4n) is 2.86. The molecule has 1 atom stereocenters. The summed E-state index contributed by atoms with van der Waals surface area (Å²) in [6, 6.07) is 17.5. The molecule has 2 nitrogen and oxygen atoms in total. The lowest BCUT2D eigenvalue weighted by atomic mass is 10.0. The molecule has 5 heteroatoms. The molecule has 0 bridgehead atoms. The number of aryl methyl sites for hydroxylation is 1. The van der Waals surface area contributed by atoms with E-state index in [1.165, 1.54) is 16.8 Å². The molecule has 0 spiro atoms. The van der Waals surface area contributed by atoms with Crippen LogP contribution < -0.4 is 9.04 Å². The van der Waals surface area contributed by atoms with Crippen molar-refractivity contribution >= 4 is 29.0 Å². The molecule has 24 heavy (non-hydrogen) atoms. The Morgan fingerprint density at radius 2 is 1.88 bits per heavy atom. The number of halogens is 1. The predicted molar refractivity (Wildman–Crippen MR) is 99.7 cm³/mol. The normalized spacial score (nSPS) is 15.8. The van der Waals surface area contributed by atoms with Crippen LogP contribution in [0, 0.1) is 6.92 Å². The smallest absolute Gasteiger partial charge is 0.208 e. The number of nitrogens with zero attached hydrogens (tertiary/aromatic N) is 1. The Hall–Kier alpha value is -1.98. The number of benzene rings is 2. The second kappa shape index (κ2) is 6.15. The van der Waals surface area contributed by atoms with Crippen molar-refractivity contribution < 1.29 is 9.13 Å². The van der Waals surface area contributed by atoms with Gasteiger partial charge in [-0.15, -0.1) is 11.3 Å². The second-order valence-corrected chi connectivity index (χ2v) is 7.89. The summed E-state index contributed by atoms with van der Waals surface area (Å²) >= 11 is 3.13. The van der Waals surface area contributed by atoms with E-state index >= 15 is 4.39 Å². The van der Waals surface area contributed by atoms with E-state index in [2.05, 4.69) is 13.0 Å². The molecule has 0 saturated heterocycles. The zero-order valence-electron chi connectivity index (χ0n) is 13.3. The van der Waals surface area contributed by atoms with Crippen LogP contribution in [0.1, 0.15) is 16.7 Å². The van der Waals surface area contributed by atoms with E-state index in [1.807, 2.05) is 48.5 Å². The summed E-state index contributed by atoms with van der Waals surface area (Å²) in [6.45, 7) is 2.06. The summed E-state index contributed by atoms with van der Waals surface area (Å²) < 4.78 is 22.2. The lowest BCUT2D eigenvalue weighted by molar-refractivity contribution is 0.362. The first-order valence-electron chi connectivity index (χ1n) is 7.62. The number of rotatable bonds is 3. The minimum Gasteiger partial charge on any atom is -0.497 e. The van der Waals surface area contributed by atoms with Gasteiger partial charge in [-0.05, 0) is 49.2 Å². The Balaban J connectivity index is 1.75. The first-order chi connectivity index (χ1) is 11.7. The fraction of sp³-hybridized carbons (Fsp3) is 0.158. The lowest BCUT2D eigenvalue weighted by Gasteiger charge is -2.32. The third-order valence-corrected chi connectivity index (χ3v) is 6.14. The summed E-state index contributed by atoms with van der Waals surface area (Å²) in [6.07, 6.45) is -1.17. The molecule has 0 saturated carbocycles. The van der Waals surface area contributed by atoms with Gasteiger partial charge >= 0.3 is 0 Å². The van der Waals surface area contributed by atoms with Gasteiger partial charge in [0.15, 0.2) is 0 Å². The predicted octanol–water partition coefficient (Wildman–Crippen LogP) is 6.23. The average molecular weight is 357 g/mol. The molecule has 1 aliphatic rings. The van der Waals surface area contributed by atoms with Gasteiger partial charge in [0.2, 0.25) is 6.30 Å². The van der Waals surface area contributed by atoms with Crippen LogP contribution in [0.5, 0.6) is 5.75 Å². The van der Waals surface area contributed by atoms with Gasteiger partial charge in [-0.25, -0.2) is 4.39 Å². The van der Waals surface area contributed by atoms with E-state index < -0.39 is 6.30 Å². The third kappa shape index (κ3) is 2.58. The van der Waals surface area contributed by atoms with Gasteiger partial charge in [0.1, 0.15) is 5.75 Å². The molecule has 2 aromatic carbocycles. The van der Waals surface area contributed by atoms with Gasteiger partial charge < -0.3 is 4.74 Å². The van der Waals surface area contributed by atoms with Crippen molar-refractivity contribution in [2.45, 2.75) is 18.1 Å². The van der Waals surface area contributed by atoms with E-state index in [9.17, 15) is 0 Å². The second-order valence-electron chi connectivity index (χ2n) is 5.59. The molecule has 0 aliphatic carbocycles. The highest BCUT2D eigenvalue weighted by Crippen LogP contribution is 2.52. The first kappa shape index (κ1) is 15.5. The SMILES string of the molecule is COc1ccc(SN2c3cc(C)sc3-c3ccccc3C2F)cc1. The van der Waals surface area contributed by atoms with E-state index in [0.29, 0.717) is 0 Å². The van der Waals surface area contributed by atoms with Crippen LogP contribution >= 0.6 is 23.3 Å². The highest BCUT2D eigenvalue weighted by Gasteiger charge is 2.33. The summed E-state index contributed by atoms with van der Waals surface area (Å²) in [4.78, 5) is 3.30. The van der Waals surface area contributed by atoms with E-state index in [1.54, 1.807) is 22.8 Å². The van der Waals surface area contributed by atoms with Crippen LogP contribution in [0.3, 0.4) is 0 Å². The number of hydrogen-bond acceptors (Lipinski definition) is 4. The van der Waals surface area contributed by atoms with Gasteiger partial charge in [0.05, 0.1) is 17.7 Å². The molecular weight excluding hydrogens is 341 g/mol. The molecule has 2 heterocycles. The van der Waals surface area contributed by atoms with E-state index in [4.69, 9.17) is 4.74 Å². The number of fused-ring (bicyclic) bond motifs is 3. The van der Waals surface area contributed by atoms with Crippen LogP contribution in [0.15, 0.2) is 59.5 Å². The molecule has 0 N–H and O–H groups in total. The maximum Gasteiger partial charge on any atom is 0.208 e. The molecule has 3 aromatic rings. The zero-order chi connectivity index (χ0) is 16.7. The van der Waals surface area contributed by atoms with Crippen molar-refractivity contribution in [2.24, 2.45) is 0 Å². The van der Waals surface area contributed by atoms with Crippen LogP contribution in [-0.2, 0) is 0 Å². The first-order valence-corrected chi connectivity index (χ1v) is 9.21. The monoisotopic (exact) mass is 357 g/mol. The third-order valence-electron chi connectivity index (χ3n) is 4.00. The molecule has 1 aromatic heterocycles. The zero-order valence-corrected chi connectivity index (χ0v) is 15.0. The molecule has 1 unspecified atom stereocenters. The number of hydrogen-bond donors (Lipinski definition) is 0. The van der Waals surface area contributed by atoms with Crippen molar-refractivity contribution in [3.8, 4) is 16.2 Å². The van der Waals surface area contributed by atoms with Crippen LogP contribution in [0.4, 0.5) is 10.1 Å². The van der Waals surface area contributed by atoms with Crippen LogP contribution in [0.2, 0.25) is 0 Å². The highest BCUT2D eigenvalue weighted by molar-refractivity contribution is 8.00. The minimum absolute atomic E-state index is 0.730. The molecule has 122 valence electrons. The van der Waals surface area contributed by atoms with Crippen LogP contribution in [0.25, 0.3) is 10.4 Å². The Morgan fingerprint density at radius 3 is 2.62 bits per heavy atom. The topological polar surface area (TPSA) is 12.5 Å². The molecule has 0 radical (unpaired) electrons. The summed E-state index contributed by atoms with van der Waals surface area (Å²) in [5.41, 5.74) is 2.68. The van der Waals surface area contributed by atoms with E-state index in [-0.39, 0.29) is 0 Å². The Kier molecular flexibility index (Phi) is 3.98. The molecule has 4 rings (SSSR count). The summed E-state index contributed by atoms with van der Waals surface area (Å²) in [5.74, 6) is 0.798. The van der Waals surface area contributed by atoms with E-state index in [0.717, 1.165) is 32.3 Å². The molecular formula is C19H16FNOS2. The minimum atomic E-state index is -1.17.